The topological polar surface area (TPSA) is 71.1 Å². The van der Waals surface area contributed by atoms with Gasteiger partial charge in [0.25, 0.3) is 5.91 Å². The predicted molar refractivity (Wildman–Crippen MR) is 109 cm³/mol. The monoisotopic (exact) mass is 377 g/mol. The number of amides is 2. The fraction of sp³-hybridized carbons (Fsp3) is 0.0952. The smallest absolute Gasteiger partial charge is 0.255 e. The van der Waals surface area contributed by atoms with Crippen LogP contribution in [0.3, 0.4) is 0 Å². The summed E-state index contributed by atoms with van der Waals surface area (Å²) in [6, 6.07) is 18.4. The molecule has 0 bridgehead atoms. The zero-order valence-corrected chi connectivity index (χ0v) is 15.6. The number of benzene rings is 2. The lowest BCUT2D eigenvalue weighted by Crippen LogP contribution is -2.14. The van der Waals surface area contributed by atoms with Gasteiger partial charge in [0.05, 0.1) is 5.75 Å². The summed E-state index contributed by atoms with van der Waals surface area (Å²) in [5.41, 5.74) is 3.03. The number of anilines is 2. The van der Waals surface area contributed by atoms with Crippen molar-refractivity contribution in [3.63, 3.8) is 0 Å². The van der Waals surface area contributed by atoms with Crippen molar-refractivity contribution in [2.45, 2.75) is 11.8 Å². The number of pyridine rings is 1. The summed E-state index contributed by atoms with van der Waals surface area (Å²) in [6.07, 6.45) is 3.26. The molecule has 136 valence electrons. The van der Waals surface area contributed by atoms with Gasteiger partial charge in [-0.25, -0.2) is 0 Å². The molecule has 3 aromatic rings. The molecule has 0 unspecified atom stereocenters. The van der Waals surface area contributed by atoms with Crippen molar-refractivity contribution in [3.05, 3.63) is 84.2 Å². The maximum Gasteiger partial charge on any atom is 0.255 e. The average Bonchev–Trinajstić information content (AvgIpc) is 2.68. The van der Waals surface area contributed by atoms with E-state index in [0.29, 0.717) is 17.0 Å². The number of nitrogens with zero attached hydrogens (tertiary/aromatic N) is 1. The molecule has 0 aliphatic rings. The third-order valence-electron chi connectivity index (χ3n) is 3.84. The van der Waals surface area contributed by atoms with Crippen LogP contribution in [0.5, 0.6) is 0 Å². The Labute approximate surface area is 162 Å². The van der Waals surface area contributed by atoms with E-state index in [1.54, 1.807) is 30.6 Å². The number of aromatic nitrogens is 1. The minimum absolute atomic E-state index is 0.0804. The number of carbonyl (C=O) groups excluding carboxylic acids is 2. The Morgan fingerprint density at radius 1 is 0.889 bits per heavy atom. The van der Waals surface area contributed by atoms with E-state index in [0.717, 1.165) is 16.1 Å². The second-order valence-corrected chi connectivity index (χ2v) is 6.91. The molecule has 0 atom stereocenters. The Hall–Kier alpha value is -3.12. The van der Waals surface area contributed by atoms with Crippen LogP contribution in [0.2, 0.25) is 0 Å². The van der Waals surface area contributed by atoms with E-state index in [1.165, 1.54) is 11.8 Å². The molecule has 3 rings (SSSR count). The van der Waals surface area contributed by atoms with Crippen molar-refractivity contribution in [2.24, 2.45) is 0 Å². The number of carbonyl (C=O) groups is 2. The quantitative estimate of drug-likeness (QED) is 0.626. The molecule has 1 heterocycles. The zero-order chi connectivity index (χ0) is 19.1. The van der Waals surface area contributed by atoms with Crippen molar-refractivity contribution in [1.29, 1.82) is 0 Å². The first kappa shape index (κ1) is 18.7. The van der Waals surface area contributed by atoms with Crippen LogP contribution < -0.4 is 10.6 Å². The molecule has 2 N–H and O–H groups in total. The Balaban J connectivity index is 1.52. The molecule has 1 aromatic heterocycles. The van der Waals surface area contributed by atoms with Gasteiger partial charge in [-0.15, -0.1) is 11.8 Å². The van der Waals surface area contributed by atoms with Crippen LogP contribution in [0.4, 0.5) is 11.4 Å². The number of thioether (sulfide) groups is 1. The van der Waals surface area contributed by atoms with Gasteiger partial charge in [-0.05, 0) is 55.0 Å². The summed E-state index contributed by atoms with van der Waals surface area (Å²) < 4.78 is 0. The van der Waals surface area contributed by atoms with Crippen LogP contribution in [-0.2, 0) is 4.79 Å². The molecular formula is C21H19N3O2S. The summed E-state index contributed by atoms with van der Waals surface area (Å²) in [7, 11) is 0. The Kier molecular flexibility index (Phi) is 6.22. The first-order valence-corrected chi connectivity index (χ1v) is 9.40. The van der Waals surface area contributed by atoms with Crippen LogP contribution in [0.25, 0.3) is 0 Å². The van der Waals surface area contributed by atoms with Crippen LogP contribution in [-0.4, -0.2) is 22.6 Å². The zero-order valence-electron chi connectivity index (χ0n) is 14.8. The van der Waals surface area contributed by atoms with Crippen molar-refractivity contribution in [2.75, 3.05) is 16.4 Å². The molecule has 0 spiro atoms. The minimum Gasteiger partial charge on any atom is -0.325 e. The average molecular weight is 377 g/mol. The molecular weight excluding hydrogens is 358 g/mol. The number of aryl methyl sites for hydroxylation is 1. The van der Waals surface area contributed by atoms with Gasteiger partial charge in [0.2, 0.25) is 5.91 Å². The highest BCUT2D eigenvalue weighted by Crippen LogP contribution is 2.21. The third kappa shape index (κ3) is 5.43. The van der Waals surface area contributed by atoms with E-state index in [2.05, 4.69) is 15.6 Å². The highest BCUT2D eigenvalue weighted by atomic mass is 32.2. The van der Waals surface area contributed by atoms with Gasteiger partial charge in [0.15, 0.2) is 0 Å². The largest absolute Gasteiger partial charge is 0.325 e. The minimum atomic E-state index is -0.134. The summed E-state index contributed by atoms with van der Waals surface area (Å²) in [4.78, 5) is 29.2. The van der Waals surface area contributed by atoms with E-state index in [1.807, 2.05) is 49.4 Å². The van der Waals surface area contributed by atoms with Crippen molar-refractivity contribution < 1.29 is 9.59 Å². The molecule has 0 saturated heterocycles. The van der Waals surface area contributed by atoms with Crippen molar-refractivity contribution >= 4 is 35.0 Å². The van der Waals surface area contributed by atoms with Gasteiger partial charge in [-0.1, -0.05) is 18.2 Å². The van der Waals surface area contributed by atoms with Gasteiger partial charge < -0.3 is 10.6 Å². The van der Waals surface area contributed by atoms with Gasteiger partial charge >= 0.3 is 0 Å². The van der Waals surface area contributed by atoms with Crippen molar-refractivity contribution in [3.8, 4) is 0 Å². The van der Waals surface area contributed by atoms with Crippen LogP contribution in [0, 0.1) is 6.92 Å². The first-order chi connectivity index (χ1) is 13.1. The van der Waals surface area contributed by atoms with Crippen molar-refractivity contribution in [1.82, 2.24) is 4.98 Å². The molecule has 0 aliphatic heterocycles. The highest BCUT2D eigenvalue weighted by Gasteiger charge is 2.09. The predicted octanol–water partition coefficient (Wildman–Crippen LogP) is 4.37. The maximum absolute atomic E-state index is 12.3. The van der Waals surface area contributed by atoms with Gasteiger partial charge in [-0.3, -0.25) is 14.6 Å². The normalized spacial score (nSPS) is 10.3. The number of hydrogen-bond acceptors (Lipinski definition) is 4. The number of hydrogen-bond donors (Lipinski definition) is 2. The molecule has 2 aromatic carbocycles. The molecule has 0 aliphatic carbocycles. The lowest BCUT2D eigenvalue weighted by molar-refractivity contribution is -0.113. The fourth-order valence-corrected chi connectivity index (χ4v) is 3.14. The maximum atomic E-state index is 12.3. The Morgan fingerprint density at radius 2 is 1.56 bits per heavy atom. The molecule has 27 heavy (non-hydrogen) atoms. The highest BCUT2D eigenvalue weighted by molar-refractivity contribution is 8.00. The second kappa shape index (κ2) is 9.00. The van der Waals surface area contributed by atoms with E-state index < -0.39 is 0 Å². The SMILES string of the molecule is Cc1ccccc1C(=O)Nc1ccc(SCC(=O)Nc2ccncc2)cc1. The van der Waals surface area contributed by atoms with Crippen LogP contribution >= 0.6 is 11.8 Å². The third-order valence-corrected chi connectivity index (χ3v) is 4.85. The Bertz CT molecular complexity index is 928. The van der Waals surface area contributed by atoms with E-state index in [-0.39, 0.29) is 11.8 Å². The standard InChI is InChI=1S/C21H19N3O2S/c1-15-4-2-3-5-19(15)21(26)24-16-6-8-18(9-7-16)27-14-20(25)23-17-10-12-22-13-11-17/h2-13H,14H2,1H3,(H,24,26)(H,22,23,25). The van der Waals surface area contributed by atoms with Crippen LogP contribution in [0.15, 0.2) is 78.0 Å². The second-order valence-electron chi connectivity index (χ2n) is 5.87. The number of nitrogens with one attached hydrogen (secondary N) is 2. The molecule has 6 heteroatoms. The molecule has 2 amide bonds. The van der Waals surface area contributed by atoms with E-state index in [9.17, 15) is 9.59 Å². The molecule has 0 fully saturated rings. The number of rotatable bonds is 6. The molecule has 0 radical (unpaired) electrons. The summed E-state index contributed by atoms with van der Waals surface area (Å²) >= 11 is 1.43. The molecule has 0 saturated carbocycles. The lowest BCUT2D eigenvalue weighted by atomic mass is 10.1. The Morgan fingerprint density at radius 3 is 2.26 bits per heavy atom. The van der Waals surface area contributed by atoms with Gasteiger partial charge in [0, 0.05) is 34.2 Å². The van der Waals surface area contributed by atoms with Gasteiger partial charge in [0.1, 0.15) is 0 Å². The lowest BCUT2D eigenvalue weighted by Gasteiger charge is -2.08. The fourth-order valence-electron chi connectivity index (χ4n) is 2.44. The van der Waals surface area contributed by atoms with E-state index >= 15 is 0 Å². The first-order valence-electron chi connectivity index (χ1n) is 8.41. The summed E-state index contributed by atoms with van der Waals surface area (Å²) in [5, 5.41) is 5.71. The summed E-state index contributed by atoms with van der Waals surface area (Å²) in [5.74, 6) is 0.0883. The molecule has 5 nitrogen and oxygen atoms in total. The summed E-state index contributed by atoms with van der Waals surface area (Å²) in [6.45, 7) is 1.91. The van der Waals surface area contributed by atoms with E-state index in [4.69, 9.17) is 0 Å². The van der Waals surface area contributed by atoms with Crippen LogP contribution in [0.1, 0.15) is 15.9 Å². The van der Waals surface area contributed by atoms with Gasteiger partial charge in [-0.2, -0.15) is 0 Å².